The molecular weight excluding hydrogens is 896 g/mol. The third-order valence-corrected chi connectivity index (χ3v) is 10.5. The minimum Gasteiger partial charge on any atom is -0.473 e. The van der Waals surface area contributed by atoms with E-state index in [9.17, 15) is 0 Å². The molecule has 0 spiro atoms. The standard InChI is InChI=1S/C50H37N6O.Pt/c1-50(2,3)38-26-28-51-44(31-38)56-43-30-37(24-25-41(43)47-49(56)57-32-53-47)46(45(34-15-7-4-8-16-34)35-17-9-5-10-18-35)36-19-13-22-40(29-36)55-33-54(39-20-11-6-12-21-39)42-23-14-27-52-48(42)55;/h4-28,31-33H,1-3H3;/q-3;. The van der Waals surface area contributed by atoms with Crippen LogP contribution in [0.15, 0.2) is 169 Å². The van der Waals surface area contributed by atoms with Gasteiger partial charge in [-0.3, -0.25) is 4.57 Å². The Morgan fingerprint density at radius 1 is 0.638 bits per heavy atom. The first-order chi connectivity index (χ1) is 27.9. The maximum Gasteiger partial charge on any atom is 0.223 e. The van der Waals surface area contributed by atoms with Crippen LogP contribution in [0.3, 0.4) is 0 Å². The summed E-state index contributed by atoms with van der Waals surface area (Å²) < 4.78 is 8.12. The van der Waals surface area contributed by atoms with Crippen LogP contribution in [-0.4, -0.2) is 19.5 Å². The number of anilines is 4. The first-order valence-electron chi connectivity index (χ1n) is 19.0. The minimum absolute atomic E-state index is 0. The van der Waals surface area contributed by atoms with Gasteiger partial charge in [-0.05, 0) is 69.6 Å². The molecule has 0 atom stereocenters. The van der Waals surface area contributed by atoms with Gasteiger partial charge < -0.3 is 14.2 Å². The van der Waals surface area contributed by atoms with Gasteiger partial charge in [0.25, 0.3) is 0 Å². The summed E-state index contributed by atoms with van der Waals surface area (Å²) in [5.41, 5.74) is 12.2. The minimum atomic E-state index is -0.0754. The Morgan fingerprint density at radius 2 is 1.34 bits per heavy atom. The van der Waals surface area contributed by atoms with Crippen molar-refractivity contribution in [3.63, 3.8) is 0 Å². The van der Waals surface area contributed by atoms with Gasteiger partial charge in [0, 0.05) is 39.1 Å². The van der Waals surface area contributed by atoms with Gasteiger partial charge in [-0.1, -0.05) is 111 Å². The number of para-hydroxylation sites is 1. The Hall–Kier alpha value is -6.56. The molecule has 0 saturated heterocycles. The predicted octanol–water partition coefficient (Wildman–Crippen LogP) is 11.9. The first kappa shape index (κ1) is 37.0. The van der Waals surface area contributed by atoms with Gasteiger partial charge in [-0.15, -0.1) is 65.8 Å². The Kier molecular flexibility index (Phi) is 9.63. The molecule has 5 aromatic carbocycles. The third kappa shape index (κ3) is 6.51. The number of oxazole rings is 1. The average Bonchev–Trinajstić information content (AvgIpc) is 3.97. The van der Waals surface area contributed by atoms with E-state index in [2.05, 4.69) is 188 Å². The van der Waals surface area contributed by atoms with Crippen molar-refractivity contribution in [1.82, 2.24) is 19.5 Å². The van der Waals surface area contributed by atoms with E-state index in [0.29, 0.717) is 5.71 Å². The molecule has 8 heteroatoms. The van der Waals surface area contributed by atoms with Gasteiger partial charge in [0.2, 0.25) is 5.71 Å². The first-order valence-corrected chi connectivity index (χ1v) is 19.0. The smallest absolute Gasteiger partial charge is 0.223 e. The molecule has 0 radical (unpaired) electrons. The largest absolute Gasteiger partial charge is 0.473 e. The van der Waals surface area contributed by atoms with Crippen molar-refractivity contribution in [1.29, 1.82) is 0 Å². The van der Waals surface area contributed by atoms with E-state index in [1.54, 1.807) is 0 Å². The van der Waals surface area contributed by atoms with Crippen LogP contribution in [-0.2, 0) is 26.5 Å². The van der Waals surface area contributed by atoms with Crippen molar-refractivity contribution in [2.24, 2.45) is 0 Å². The van der Waals surface area contributed by atoms with Crippen molar-refractivity contribution in [2.45, 2.75) is 26.2 Å². The molecule has 0 unspecified atom stereocenters. The van der Waals surface area contributed by atoms with Gasteiger partial charge in [-0.2, -0.15) is 0 Å². The van der Waals surface area contributed by atoms with Gasteiger partial charge in [0.15, 0.2) is 6.39 Å². The fourth-order valence-electron chi connectivity index (χ4n) is 7.69. The van der Waals surface area contributed by atoms with E-state index in [1.165, 1.54) is 12.0 Å². The summed E-state index contributed by atoms with van der Waals surface area (Å²) in [6.07, 6.45) is 5.20. The zero-order valence-electron chi connectivity index (χ0n) is 32.1. The predicted molar refractivity (Wildman–Crippen MR) is 229 cm³/mol. The molecule has 0 amide bonds. The molecule has 58 heavy (non-hydrogen) atoms. The molecule has 1 aliphatic rings. The fourth-order valence-corrected chi connectivity index (χ4v) is 7.69. The van der Waals surface area contributed by atoms with Crippen LogP contribution < -0.4 is 9.80 Å². The molecule has 0 aliphatic carbocycles. The van der Waals surface area contributed by atoms with Gasteiger partial charge in [0.1, 0.15) is 11.6 Å². The molecular formula is C50H37N6OPt-3. The van der Waals surface area contributed by atoms with E-state index in [1.807, 2.05) is 29.1 Å². The van der Waals surface area contributed by atoms with Crippen molar-refractivity contribution >= 4 is 56.2 Å². The Morgan fingerprint density at radius 3 is 2.07 bits per heavy atom. The topological polar surface area (TPSA) is 63.2 Å². The van der Waals surface area contributed by atoms with E-state index < -0.39 is 0 Å². The number of fused-ring (bicyclic) bond motifs is 4. The summed E-state index contributed by atoms with van der Waals surface area (Å²) in [7, 11) is 0. The van der Waals surface area contributed by atoms with Crippen LogP contribution in [0.1, 0.15) is 48.6 Å². The molecule has 10 rings (SSSR count). The molecule has 0 fully saturated rings. The second kappa shape index (κ2) is 15.1. The zero-order chi connectivity index (χ0) is 38.5. The van der Waals surface area contributed by atoms with E-state index in [0.717, 1.165) is 78.5 Å². The van der Waals surface area contributed by atoms with E-state index in [-0.39, 0.29) is 26.5 Å². The number of hydrogen-bond acceptors (Lipinski definition) is 6. The molecule has 4 aromatic heterocycles. The summed E-state index contributed by atoms with van der Waals surface area (Å²) in [5.74, 6) is 1.58. The zero-order valence-corrected chi connectivity index (χ0v) is 34.3. The van der Waals surface area contributed by atoms with Crippen molar-refractivity contribution < 1.29 is 25.5 Å². The number of hydrogen-bond donors (Lipinski definition) is 0. The summed E-state index contributed by atoms with van der Waals surface area (Å²) >= 11 is 0. The molecule has 0 N–H and O–H groups in total. The van der Waals surface area contributed by atoms with Crippen molar-refractivity contribution in [2.75, 3.05) is 9.80 Å². The van der Waals surface area contributed by atoms with Crippen LogP contribution in [0.5, 0.6) is 0 Å². The van der Waals surface area contributed by atoms with Crippen LogP contribution >= 0.6 is 0 Å². The third-order valence-electron chi connectivity index (χ3n) is 10.5. The van der Waals surface area contributed by atoms with Gasteiger partial charge in [0.05, 0.1) is 11.2 Å². The molecule has 5 heterocycles. The van der Waals surface area contributed by atoms with Gasteiger partial charge in [-0.25, -0.2) is 15.0 Å². The summed E-state index contributed by atoms with van der Waals surface area (Å²) in [6, 6.07) is 58.0. The maximum atomic E-state index is 6.08. The van der Waals surface area contributed by atoms with Crippen molar-refractivity contribution in [3.05, 3.63) is 211 Å². The molecule has 0 bridgehead atoms. The van der Waals surface area contributed by atoms with Crippen LogP contribution in [0.4, 0.5) is 22.9 Å². The molecule has 286 valence electrons. The average molecular weight is 933 g/mol. The number of benzene rings is 5. The Balaban J connectivity index is 0.00000436. The van der Waals surface area contributed by atoms with E-state index >= 15 is 0 Å². The summed E-state index contributed by atoms with van der Waals surface area (Å²) in [5, 5.41) is 0.930. The summed E-state index contributed by atoms with van der Waals surface area (Å²) in [6.45, 7) is 8.71. The number of aromatic nitrogens is 4. The molecule has 1 aliphatic heterocycles. The van der Waals surface area contributed by atoms with Crippen molar-refractivity contribution in [3.8, 4) is 5.82 Å². The number of nitrogens with zero attached hydrogens (tertiary/aromatic N) is 6. The monoisotopic (exact) mass is 932 g/mol. The normalized spacial score (nSPS) is 12.5. The summed E-state index contributed by atoms with van der Waals surface area (Å²) in [4.78, 5) is 18.7. The Labute approximate surface area is 352 Å². The number of pyridine rings is 2. The second-order valence-corrected chi connectivity index (χ2v) is 15.1. The second-order valence-electron chi connectivity index (χ2n) is 15.1. The number of rotatable bonds is 7. The van der Waals surface area contributed by atoms with E-state index in [4.69, 9.17) is 14.4 Å². The molecule has 0 saturated carbocycles. The fraction of sp³-hybridized carbons (Fsp3) is 0.0800. The quantitative estimate of drug-likeness (QED) is 0.117. The van der Waals surface area contributed by atoms with Gasteiger partial charge >= 0.3 is 0 Å². The molecule has 9 aromatic rings. The van der Waals surface area contributed by atoms with Crippen LogP contribution in [0, 0.1) is 18.8 Å². The molecule has 7 nitrogen and oxygen atoms in total. The maximum absolute atomic E-state index is 6.08. The SMILES string of the molecule is CC(C)(C)c1ccnc(-n2c3[c-]c(C(=C(c4ccccc4)c4ccccc4)c4[c-]c(N5[CH-]N(c6ccccc6)c6cccnc65)ccc4)ccc3c3ncoc32)c1.[Pt]. The Bertz CT molecular complexity index is 2890. The van der Waals surface area contributed by atoms with Crippen LogP contribution in [0.2, 0.25) is 0 Å². The van der Waals surface area contributed by atoms with Crippen LogP contribution in [0.25, 0.3) is 39.1 Å².